The Kier molecular flexibility index (Phi) is 6.39. The van der Waals surface area contributed by atoms with Crippen molar-refractivity contribution in [3.63, 3.8) is 0 Å². The molecule has 0 spiro atoms. The number of hydrogen-bond acceptors (Lipinski definition) is 6. The molecule has 0 fully saturated rings. The number of aryl methyl sites for hydroxylation is 2. The van der Waals surface area contributed by atoms with E-state index >= 15 is 0 Å². The number of nitrogens with zero attached hydrogens (tertiary/aromatic N) is 1. The predicted molar refractivity (Wildman–Crippen MR) is 110 cm³/mol. The van der Waals surface area contributed by atoms with Gasteiger partial charge in [0.2, 0.25) is 5.76 Å². The molecule has 1 aromatic heterocycles. The van der Waals surface area contributed by atoms with E-state index in [1.54, 1.807) is 42.5 Å². The number of amides is 2. The summed E-state index contributed by atoms with van der Waals surface area (Å²) in [7, 11) is 0. The van der Waals surface area contributed by atoms with Gasteiger partial charge in [-0.15, -0.1) is 0 Å². The molecule has 0 aliphatic heterocycles. The summed E-state index contributed by atoms with van der Waals surface area (Å²) in [6.07, 6.45) is 2.74. The van der Waals surface area contributed by atoms with Gasteiger partial charge in [0, 0.05) is 5.69 Å². The number of carbonyl (C=O) groups is 3. The summed E-state index contributed by atoms with van der Waals surface area (Å²) >= 11 is 0. The molecule has 1 heterocycles. The second-order valence-corrected chi connectivity index (χ2v) is 6.39. The number of hydrogen-bond donors (Lipinski definition) is 2. The fourth-order valence-corrected chi connectivity index (χ4v) is 2.40. The van der Waals surface area contributed by atoms with Crippen LogP contribution in [0.5, 0.6) is 5.75 Å². The number of benzene rings is 2. The van der Waals surface area contributed by atoms with Crippen LogP contribution in [0, 0.1) is 13.8 Å². The van der Waals surface area contributed by atoms with Crippen molar-refractivity contribution in [1.29, 1.82) is 0 Å². The van der Waals surface area contributed by atoms with Gasteiger partial charge in [0.05, 0.1) is 12.5 Å². The first-order valence-corrected chi connectivity index (χ1v) is 9.00. The Hall–Kier alpha value is -4.20. The van der Waals surface area contributed by atoms with Crippen LogP contribution in [0.4, 0.5) is 5.69 Å². The molecule has 3 rings (SSSR count). The van der Waals surface area contributed by atoms with Crippen molar-refractivity contribution in [2.24, 2.45) is 5.10 Å². The maximum atomic E-state index is 11.9. The van der Waals surface area contributed by atoms with Gasteiger partial charge >= 0.3 is 17.8 Å². The highest BCUT2D eigenvalue weighted by Gasteiger charge is 2.13. The first-order valence-electron chi connectivity index (χ1n) is 9.00. The largest absolute Gasteiger partial charge is 0.457 e. The van der Waals surface area contributed by atoms with Gasteiger partial charge in [-0.25, -0.2) is 10.2 Å². The van der Waals surface area contributed by atoms with Crippen molar-refractivity contribution in [1.82, 2.24) is 5.43 Å². The third kappa shape index (κ3) is 5.41. The van der Waals surface area contributed by atoms with Crippen molar-refractivity contribution in [2.75, 3.05) is 5.32 Å². The van der Waals surface area contributed by atoms with E-state index < -0.39 is 17.8 Å². The molecular weight excluding hydrogens is 386 g/mol. The average Bonchev–Trinajstić information content (AvgIpc) is 3.27. The van der Waals surface area contributed by atoms with E-state index in [9.17, 15) is 14.4 Å². The predicted octanol–water partition coefficient (Wildman–Crippen LogP) is 3.20. The molecule has 2 amide bonds. The average molecular weight is 405 g/mol. The smallest absolute Gasteiger partial charge is 0.379 e. The summed E-state index contributed by atoms with van der Waals surface area (Å²) in [5.41, 5.74) is 5.41. The fourth-order valence-electron chi connectivity index (χ4n) is 2.40. The van der Waals surface area contributed by atoms with E-state index in [-0.39, 0.29) is 5.76 Å². The van der Waals surface area contributed by atoms with Crippen molar-refractivity contribution in [3.05, 3.63) is 83.3 Å². The topological polar surface area (TPSA) is 110 Å². The van der Waals surface area contributed by atoms with Crippen LogP contribution in [0.25, 0.3) is 0 Å². The fraction of sp³-hybridized carbons (Fsp3) is 0.0909. The molecule has 8 heteroatoms. The van der Waals surface area contributed by atoms with Crippen molar-refractivity contribution >= 4 is 29.7 Å². The molecule has 8 nitrogen and oxygen atoms in total. The van der Waals surface area contributed by atoms with Crippen LogP contribution >= 0.6 is 0 Å². The summed E-state index contributed by atoms with van der Waals surface area (Å²) in [6.45, 7) is 3.87. The Balaban J connectivity index is 1.50. The van der Waals surface area contributed by atoms with Gasteiger partial charge in [0.25, 0.3) is 0 Å². The summed E-state index contributed by atoms with van der Waals surface area (Å²) in [5.74, 6) is -1.90. The lowest BCUT2D eigenvalue weighted by molar-refractivity contribution is -0.136. The Labute approximate surface area is 172 Å². The molecule has 152 valence electrons. The second kappa shape index (κ2) is 9.33. The van der Waals surface area contributed by atoms with Crippen molar-refractivity contribution in [3.8, 4) is 5.75 Å². The maximum Gasteiger partial charge on any atom is 0.379 e. The molecule has 0 saturated heterocycles. The molecule has 2 N–H and O–H groups in total. The van der Waals surface area contributed by atoms with E-state index in [2.05, 4.69) is 15.8 Å². The number of ether oxygens (including phenoxy) is 1. The third-order valence-electron chi connectivity index (χ3n) is 4.16. The zero-order valence-corrected chi connectivity index (χ0v) is 16.3. The maximum absolute atomic E-state index is 11.9. The lowest BCUT2D eigenvalue weighted by Crippen LogP contribution is -2.32. The summed E-state index contributed by atoms with van der Waals surface area (Å²) in [6, 6.07) is 14.9. The number of rotatable bonds is 5. The number of furan rings is 1. The Morgan fingerprint density at radius 3 is 2.40 bits per heavy atom. The molecule has 0 aliphatic rings. The molecule has 0 aliphatic carbocycles. The van der Waals surface area contributed by atoms with E-state index in [0.717, 1.165) is 11.1 Å². The number of carbonyl (C=O) groups excluding carboxylic acids is 3. The number of nitrogens with one attached hydrogen (secondary N) is 2. The van der Waals surface area contributed by atoms with E-state index in [1.165, 1.54) is 18.5 Å². The van der Waals surface area contributed by atoms with Gasteiger partial charge in [-0.3, -0.25) is 9.59 Å². The van der Waals surface area contributed by atoms with Crippen LogP contribution in [0.2, 0.25) is 0 Å². The molecule has 0 unspecified atom stereocenters. The highest BCUT2D eigenvalue weighted by molar-refractivity contribution is 6.39. The molecule has 0 saturated carbocycles. The summed E-state index contributed by atoms with van der Waals surface area (Å²) in [5, 5.41) is 6.27. The van der Waals surface area contributed by atoms with Crippen molar-refractivity contribution in [2.45, 2.75) is 13.8 Å². The number of anilines is 1. The lowest BCUT2D eigenvalue weighted by Gasteiger charge is -2.06. The standard InChI is InChI=1S/C22H19N3O5/c1-14-5-8-17(12-15(14)2)24-20(26)21(27)25-23-13-16-6-9-18(10-7-16)30-22(28)19-4-3-11-29-19/h3-13H,1-2H3,(H,24,26)(H,25,27)/b23-13+. The lowest BCUT2D eigenvalue weighted by atomic mass is 10.1. The minimum Gasteiger partial charge on any atom is -0.457 e. The zero-order valence-electron chi connectivity index (χ0n) is 16.3. The highest BCUT2D eigenvalue weighted by atomic mass is 16.5. The monoisotopic (exact) mass is 405 g/mol. The van der Waals surface area contributed by atoms with Crippen LogP contribution in [-0.2, 0) is 9.59 Å². The van der Waals surface area contributed by atoms with Gasteiger partial charge < -0.3 is 14.5 Å². The van der Waals surface area contributed by atoms with Crippen LogP contribution in [-0.4, -0.2) is 24.0 Å². The normalized spacial score (nSPS) is 10.6. The van der Waals surface area contributed by atoms with Gasteiger partial charge in [0.1, 0.15) is 5.75 Å². The van der Waals surface area contributed by atoms with E-state index in [4.69, 9.17) is 9.15 Å². The quantitative estimate of drug-likeness (QED) is 0.223. The Bertz CT molecular complexity index is 1090. The van der Waals surface area contributed by atoms with Crippen LogP contribution < -0.4 is 15.5 Å². The molecular formula is C22H19N3O5. The first kappa shape index (κ1) is 20.5. The Morgan fingerprint density at radius 1 is 0.967 bits per heavy atom. The summed E-state index contributed by atoms with van der Waals surface area (Å²) < 4.78 is 10.1. The van der Waals surface area contributed by atoms with Gasteiger partial charge in [-0.05, 0) is 79.1 Å². The Morgan fingerprint density at radius 2 is 1.73 bits per heavy atom. The second-order valence-electron chi connectivity index (χ2n) is 6.39. The minimum atomic E-state index is -0.895. The molecule has 0 bridgehead atoms. The number of esters is 1. The van der Waals surface area contributed by atoms with Gasteiger partial charge in [-0.2, -0.15) is 5.10 Å². The van der Waals surface area contributed by atoms with E-state index in [1.807, 2.05) is 19.9 Å². The first-order chi connectivity index (χ1) is 14.4. The minimum absolute atomic E-state index is 0.0995. The molecule has 3 aromatic rings. The molecule has 0 radical (unpaired) electrons. The van der Waals surface area contributed by atoms with Crippen LogP contribution in [0.15, 0.2) is 70.4 Å². The van der Waals surface area contributed by atoms with Crippen LogP contribution in [0.3, 0.4) is 0 Å². The molecule has 30 heavy (non-hydrogen) atoms. The molecule has 0 atom stereocenters. The van der Waals surface area contributed by atoms with Gasteiger partial charge in [-0.1, -0.05) is 6.07 Å². The summed E-state index contributed by atoms with van der Waals surface area (Å²) in [4.78, 5) is 35.6. The zero-order chi connectivity index (χ0) is 21.5. The SMILES string of the molecule is Cc1ccc(NC(=O)C(=O)N/N=C/c2ccc(OC(=O)c3ccco3)cc2)cc1C. The van der Waals surface area contributed by atoms with Gasteiger partial charge in [0.15, 0.2) is 0 Å². The van der Waals surface area contributed by atoms with E-state index in [0.29, 0.717) is 17.0 Å². The van der Waals surface area contributed by atoms with Crippen LogP contribution in [0.1, 0.15) is 27.2 Å². The highest BCUT2D eigenvalue weighted by Crippen LogP contribution is 2.15. The molecule has 2 aromatic carbocycles. The number of hydrazone groups is 1. The van der Waals surface area contributed by atoms with Crippen molar-refractivity contribution < 1.29 is 23.5 Å². The third-order valence-corrected chi connectivity index (χ3v) is 4.16.